The lowest BCUT2D eigenvalue weighted by atomic mass is 10.3. The number of aromatic nitrogens is 2. The number of nitrogens with one attached hydrogen (secondary N) is 1. The highest BCUT2D eigenvalue weighted by Crippen LogP contribution is 1.98. The molecule has 1 aliphatic rings. The molecule has 1 aromatic rings. The fraction of sp³-hybridized carbons (Fsp3) is 0.636. The Morgan fingerprint density at radius 1 is 1.35 bits per heavy atom. The molecule has 0 radical (unpaired) electrons. The molecule has 6 nitrogen and oxygen atoms in total. The van der Waals surface area contributed by atoms with Crippen LogP contribution in [-0.4, -0.2) is 58.6 Å². The first-order valence-corrected chi connectivity index (χ1v) is 5.84. The van der Waals surface area contributed by atoms with E-state index in [9.17, 15) is 4.79 Å². The van der Waals surface area contributed by atoms with Gasteiger partial charge in [0.25, 0.3) is 0 Å². The monoisotopic (exact) mass is 237 g/mol. The van der Waals surface area contributed by atoms with Gasteiger partial charge >= 0.3 is 0 Å². The zero-order chi connectivity index (χ0) is 12.3. The van der Waals surface area contributed by atoms with Crippen LogP contribution in [0.1, 0.15) is 5.82 Å². The zero-order valence-corrected chi connectivity index (χ0v) is 10.4. The van der Waals surface area contributed by atoms with Gasteiger partial charge in [-0.1, -0.05) is 0 Å². The lowest BCUT2D eigenvalue weighted by molar-refractivity contribution is -0.126. The summed E-state index contributed by atoms with van der Waals surface area (Å²) in [5.74, 6) is 0.792. The number of hydrogen-bond donors (Lipinski definition) is 1. The van der Waals surface area contributed by atoms with Crippen molar-refractivity contribution < 1.29 is 4.79 Å². The summed E-state index contributed by atoms with van der Waals surface area (Å²) < 4.78 is 1.86. The third kappa shape index (κ3) is 3.28. The molecular weight excluding hydrogens is 218 g/mol. The molecule has 1 aromatic heterocycles. The molecule has 0 aliphatic carbocycles. The van der Waals surface area contributed by atoms with Crippen LogP contribution >= 0.6 is 0 Å². The predicted molar refractivity (Wildman–Crippen MR) is 64.1 cm³/mol. The van der Waals surface area contributed by atoms with Crippen LogP contribution < -0.4 is 5.43 Å². The van der Waals surface area contributed by atoms with Gasteiger partial charge in [0, 0.05) is 45.6 Å². The molecule has 0 bridgehead atoms. The number of likely N-dealkylation sites (N-methyl/N-ethyl adjacent to an activating group) is 1. The molecule has 1 aliphatic heterocycles. The van der Waals surface area contributed by atoms with Gasteiger partial charge in [-0.2, -0.15) is 0 Å². The van der Waals surface area contributed by atoms with Crippen LogP contribution in [0.2, 0.25) is 0 Å². The van der Waals surface area contributed by atoms with Crippen molar-refractivity contribution in [3.8, 4) is 0 Å². The largest absolute Gasteiger partial charge is 0.338 e. The highest BCUT2D eigenvalue weighted by molar-refractivity contribution is 5.77. The number of hydrogen-bond acceptors (Lipinski definition) is 4. The van der Waals surface area contributed by atoms with Crippen LogP contribution in [0, 0.1) is 0 Å². The minimum Gasteiger partial charge on any atom is -0.338 e. The van der Waals surface area contributed by atoms with E-state index in [0.29, 0.717) is 6.42 Å². The summed E-state index contributed by atoms with van der Waals surface area (Å²) in [5, 5.41) is 1.98. The molecule has 1 amide bonds. The molecule has 6 heteroatoms. The van der Waals surface area contributed by atoms with E-state index >= 15 is 0 Å². The first-order valence-electron chi connectivity index (χ1n) is 5.84. The van der Waals surface area contributed by atoms with E-state index in [2.05, 4.69) is 22.4 Å². The standard InChI is InChI=1S/C11H19N5O/c1-14-5-7-16(8-6-14)13-11(17)9-10-12-3-4-15(10)2/h3-4H,5-9H2,1-2H3,(H,13,17). The number of carbonyl (C=O) groups excluding carboxylic acids is 1. The van der Waals surface area contributed by atoms with Crippen molar-refractivity contribution in [2.45, 2.75) is 6.42 Å². The van der Waals surface area contributed by atoms with Crippen LogP contribution in [0.3, 0.4) is 0 Å². The van der Waals surface area contributed by atoms with Crippen LogP contribution in [0.15, 0.2) is 12.4 Å². The van der Waals surface area contributed by atoms with Crippen molar-refractivity contribution in [3.63, 3.8) is 0 Å². The zero-order valence-electron chi connectivity index (χ0n) is 10.4. The van der Waals surface area contributed by atoms with E-state index in [-0.39, 0.29) is 5.91 Å². The van der Waals surface area contributed by atoms with E-state index < -0.39 is 0 Å². The summed E-state index contributed by atoms with van der Waals surface area (Å²) in [6.45, 7) is 3.73. The Bertz CT molecular complexity index is 381. The van der Waals surface area contributed by atoms with Gasteiger partial charge in [0.1, 0.15) is 5.82 Å². The molecule has 2 heterocycles. The average molecular weight is 237 g/mol. The topological polar surface area (TPSA) is 53.4 Å². The normalized spacial score (nSPS) is 18.2. The van der Waals surface area contributed by atoms with E-state index in [4.69, 9.17) is 0 Å². The summed E-state index contributed by atoms with van der Waals surface area (Å²) in [7, 11) is 3.98. The predicted octanol–water partition coefficient (Wildman–Crippen LogP) is -0.759. The molecule has 0 unspecified atom stereocenters. The maximum Gasteiger partial charge on any atom is 0.241 e. The van der Waals surface area contributed by atoms with E-state index in [1.54, 1.807) is 6.20 Å². The highest BCUT2D eigenvalue weighted by atomic mass is 16.2. The van der Waals surface area contributed by atoms with Crippen LogP contribution in [0.4, 0.5) is 0 Å². The van der Waals surface area contributed by atoms with Gasteiger partial charge in [0.05, 0.1) is 6.42 Å². The molecule has 0 atom stereocenters. The van der Waals surface area contributed by atoms with Crippen molar-refractivity contribution in [3.05, 3.63) is 18.2 Å². The number of piperazine rings is 1. The minimum atomic E-state index is 0.00357. The highest BCUT2D eigenvalue weighted by Gasteiger charge is 2.16. The first kappa shape index (κ1) is 12.1. The average Bonchev–Trinajstić information content (AvgIpc) is 2.68. The number of aryl methyl sites for hydroxylation is 1. The SMILES string of the molecule is CN1CCN(NC(=O)Cc2nccn2C)CC1. The second-order valence-electron chi connectivity index (χ2n) is 4.46. The second kappa shape index (κ2) is 5.29. The van der Waals surface area contributed by atoms with E-state index in [0.717, 1.165) is 32.0 Å². The van der Waals surface area contributed by atoms with Gasteiger partial charge < -0.3 is 9.47 Å². The molecule has 0 aromatic carbocycles. The quantitative estimate of drug-likeness (QED) is 0.751. The Balaban J connectivity index is 1.80. The van der Waals surface area contributed by atoms with Gasteiger partial charge in [0.2, 0.25) is 5.91 Å². The van der Waals surface area contributed by atoms with Gasteiger partial charge in [-0.3, -0.25) is 10.2 Å². The van der Waals surface area contributed by atoms with E-state index in [1.807, 2.05) is 22.8 Å². The van der Waals surface area contributed by atoms with Crippen molar-refractivity contribution in [2.24, 2.45) is 7.05 Å². The maximum atomic E-state index is 11.8. The van der Waals surface area contributed by atoms with Crippen LogP contribution in [-0.2, 0) is 18.3 Å². The molecule has 94 valence electrons. The molecule has 1 N–H and O–H groups in total. The van der Waals surface area contributed by atoms with Crippen molar-refractivity contribution in [1.82, 2.24) is 24.9 Å². The minimum absolute atomic E-state index is 0.00357. The van der Waals surface area contributed by atoms with Gasteiger partial charge in [-0.15, -0.1) is 0 Å². The molecule has 0 saturated carbocycles. The molecule has 17 heavy (non-hydrogen) atoms. The second-order valence-corrected chi connectivity index (χ2v) is 4.46. The Hall–Kier alpha value is -1.40. The maximum absolute atomic E-state index is 11.8. The fourth-order valence-electron chi connectivity index (χ4n) is 1.84. The third-order valence-corrected chi connectivity index (χ3v) is 3.03. The van der Waals surface area contributed by atoms with Crippen LogP contribution in [0.5, 0.6) is 0 Å². The van der Waals surface area contributed by atoms with Gasteiger partial charge in [-0.05, 0) is 7.05 Å². The fourth-order valence-corrected chi connectivity index (χ4v) is 1.84. The Kier molecular flexibility index (Phi) is 3.75. The number of hydrazine groups is 1. The lowest BCUT2D eigenvalue weighted by Gasteiger charge is -2.32. The number of imidazole rings is 1. The van der Waals surface area contributed by atoms with Crippen LogP contribution in [0.25, 0.3) is 0 Å². The molecule has 1 saturated heterocycles. The summed E-state index contributed by atoms with van der Waals surface area (Å²) in [6, 6.07) is 0. The van der Waals surface area contributed by atoms with Gasteiger partial charge in [0.15, 0.2) is 0 Å². The number of amides is 1. The van der Waals surface area contributed by atoms with Gasteiger partial charge in [-0.25, -0.2) is 9.99 Å². The Morgan fingerprint density at radius 3 is 2.65 bits per heavy atom. The van der Waals surface area contributed by atoms with E-state index in [1.165, 1.54) is 0 Å². The molecule has 2 rings (SSSR count). The Morgan fingerprint density at radius 2 is 2.06 bits per heavy atom. The third-order valence-electron chi connectivity index (χ3n) is 3.03. The molecule has 0 spiro atoms. The summed E-state index contributed by atoms with van der Waals surface area (Å²) in [5.41, 5.74) is 2.92. The lowest BCUT2D eigenvalue weighted by Crippen LogP contribution is -2.52. The summed E-state index contributed by atoms with van der Waals surface area (Å²) in [6.07, 6.45) is 3.88. The van der Waals surface area contributed by atoms with Crippen molar-refractivity contribution in [1.29, 1.82) is 0 Å². The number of carbonyl (C=O) groups is 1. The van der Waals surface area contributed by atoms with Crippen molar-refractivity contribution in [2.75, 3.05) is 33.2 Å². The Labute approximate surface area is 101 Å². The molecule has 1 fully saturated rings. The smallest absolute Gasteiger partial charge is 0.241 e. The number of rotatable bonds is 3. The number of nitrogens with zero attached hydrogens (tertiary/aromatic N) is 4. The molecular formula is C11H19N5O. The summed E-state index contributed by atoms with van der Waals surface area (Å²) in [4.78, 5) is 18.2. The first-order chi connectivity index (χ1) is 8.15. The summed E-state index contributed by atoms with van der Waals surface area (Å²) >= 11 is 0. The van der Waals surface area contributed by atoms with Crippen molar-refractivity contribution >= 4 is 5.91 Å².